The zero-order valence-corrected chi connectivity index (χ0v) is 28.4. The second-order valence-corrected chi connectivity index (χ2v) is 11.6. The van der Waals surface area contributed by atoms with Crippen molar-refractivity contribution in [2.45, 2.75) is 33.1 Å². The number of nitrogens with one attached hydrogen (secondary N) is 3. The van der Waals surface area contributed by atoms with E-state index in [9.17, 15) is 14.4 Å². The molecule has 3 aromatic heterocycles. The zero-order chi connectivity index (χ0) is 35.2. The summed E-state index contributed by atoms with van der Waals surface area (Å²) in [7, 11) is 3.42. The number of aliphatic imine (C=N–C) groups is 1. The summed E-state index contributed by atoms with van der Waals surface area (Å²) in [5.41, 5.74) is 12.3. The molecule has 0 fully saturated rings. The van der Waals surface area contributed by atoms with Crippen molar-refractivity contribution in [2.75, 3.05) is 23.7 Å². The number of hydrogen-bond donors (Lipinski definition) is 4. The number of hydrogen-bond acceptors (Lipinski definition) is 5. The summed E-state index contributed by atoms with van der Waals surface area (Å²) in [4.78, 5) is 44.2. The van der Waals surface area contributed by atoms with E-state index in [1.54, 1.807) is 47.8 Å². The van der Waals surface area contributed by atoms with Gasteiger partial charge in [0.15, 0.2) is 0 Å². The highest BCUT2D eigenvalue weighted by Crippen LogP contribution is 2.18. The van der Waals surface area contributed by atoms with Crippen LogP contribution in [-0.4, -0.2) is 51.3 Å². The van der Waals surface area contributed by atoms with Crippen LogP contribution in [0.1, 0.15) is 63.9 Å². The van der Waals surface area contributed by atoms with Gasteiger partial charge in [-0.25, -0.2) is 0 Å². The van der Waals surface area contributed by atoms with Crippen LogP contribution < -0.4 is 21.7 Å². The maximum absolute atomic E-state index is 12.5. The average Bonchev–Trinajstić information content (AvgIpc) is 3.65. The maximum Gasteiger partial charge on any atom is 0.272 e. The monoisotopic (exact) mass is 660 g/mol. The van der Waals surface area contributed by atoms with Gasteiger partial charge in [-0.1, -0.05) is 73.5 Å². The van der Waals surface area contributed by atoms with Crippen molar-refractivity contribution in [3.63, 3.8) is 0 Å². The molecule has 0 saturated carbocycles. The summed E-state index contributed by atoms with van der Waals surface area (Å²) >= 11 is 0. The fourth-order valence-corrected chi connectivity index (χ4v) is 4.89. The van der Waals surface area contributed by atoms with E-state index in [4.69, 9.17) is 5.73 Å². The quantitative estimate of drug-likeness (QED) is 0.0516. The Labute approximate surface area is 287 Å². The molecule has 3 amide bonds. The number of unbranched alkanes of at least 4 members (excludes halogenated alkanes) is 1. The van der Waals surface area contributed by atoms with Gasteiger partial charge in [0.1, 0.15) is 11.4 Å². The molecule has 11 nitrogen and oxygen atoms in total. The molecule has 0 bridgehead atoms. The number of anilines is 2. The van der Waals surface area contributed by atoms with Crippen molar-refractivity contribution in [3.05, 3.63) is 113 Å². The van der Waals surface area contributed by atoms with Gasteiger partial charge in [0.25, 0.3) is 11.8 Å². The van der Waals surface area contributed by atoms with E-state index in [0.717, 1.165) is 23.9 Å². The molecule has 2 aromatic carbocycles. The fourth-order valence-electron chi connectivity index (χ4n) is 4.89. The molecule has 254 valence electrons. The first-order valence-corrected chi connectivity index (χ1v) is 16.2. The Morgan fingerprint density at radius 2 is 1.57 bits per heavy atom. The van der Waals surface area contributed by atoms with E-state index in [1.165, 1.54) is 16.5 Å². The number of amides is 3. The van der Waals surface area contributed by atoms with E-state index in [-0.39, 0.29) is 11.8 Å². The SMILES string of the molecule is CCCCN=C(N)CCNC(=O)c1cc(NC(=O)c2cc(NC=O)cn2C)cn1C.Cc1ccc(/C=C/c2cnc3ccccc3c2)cc1. The Hall–Kier alpha value is -5.97. The van der Waals surface area contributed by atoms with Crippen LogP contribution in [0.2, 0.25) is 0 Å². The largest absolute Gasteiger partial charge is 0.387 e. The predicted molar refractivity (Wildman–Crippen MR) is 199 cm³/mol. The molecule has 49 heavy (non-hydrogen) atoms. The Morgan fingerprint density at radius 1 is 0.898 bits per heavy atom. The molecule has 0 atom stereocenters. The molecule has 0 radical (unpaired) electrons. The number of rotatable bonds is 13. The normalized spacial score (nSPS) is 11.2. The van der Waals surface area contributed by atoms with Crippen molar-refractivity contribution in [2.24, 2.45) is 24.8 Å². The van der Waals surface area contributed by atoms with Crippen LogP contribution in [0.15, 0.2) is 90.3 Å². The minimum Gasteiger partial charge on any atom is -0.387 e. The number of nitrogens with two attached hydrogens (primary N) is 1. The Kier molecular flexibility index (Phi) is 13.0. The lowest BCUT2D eigenvalue weighted by Gasteiger charge is -2.06. The van der Waals surface area contributed by atoms with Gasteiger partial charge in [-0.05, 0) is 48.7 Å². The number of nitrogens with zero attached hydrogens (tertiary/aromatic N) is 4. The highest BCUT2D eigenvalue weighted by Gasteiger charge is 2.16. The molecule has 5 rings (SSSR count). The highest BCUT2D eigenvalue weighted by molar-refractivity contribution is 6.05. The average molecular weight is 661 g/mol. The molecular formula is C38H44N8O3. The number of fused-ring (bicyclic) bond motifs is 1. The van der Waals surface area contributed by atoms with Crippen LogP contribution in [0.5, 0.6) is 0 Å². The van der Waals surface area contributed by atoms with E-state index in [1.807, 2.05) is 24.4 Å². The minimum atomic E-state index is -0.356. The first-order chi connectivity index (χ1) is 23.7. The number of para-hydroxylation sites is 1. The lowest BCUT2D eigenvalue weighted by molar-refractivity contribution is -0.105. The number of amidine groups is 1. The number of pyridine rings is 1. The van der Waals surface area contributed by atoms with Crippen molar-refractivity contribution in [3.8, 4) is 0 Å². The van der Waals surface area contributed by atoms with Crippen LogP contribution in [0.25, 0.3) is 23.1 Å². The Balaban J connectivity index is 0.000000242. The summed E-state index contributed by atoms with van der Waals surface area (Å²) < 4.78 is 3.23. The summed E-state index contributed by atoms with van der Waals surface area (Å²) in [5.74, 6) is -0.102. The number of carbonyl (C=O) groups excluding carboxylic acids is 3. The van der Waals surface area contributed by atoms with Crippen LogP contribution >= 0.6 is 0 Å². The van der Waals surface area contributed by atoms with Crippen LogP contribution in [-0.2, 0) is 18.9 Å². The van der Waals surface area contributed by atoms with E-state index in [2.05, 4.69) is 88.3 Å². The van der Waals surface area contributed by atoms with Crippen molar-refractivity contribution >= 4 is 58.5 Å². The van der Waals surface area contributed by atoms with Crippen molar-refractivity contribution in [1.29, 1.82) is 0 Å². The summed E-state index contributed by atoms with van der Waals surface area (Å²) in [6.45, 7) is 5.26. The molecule has 3 heterocycles. The standard InChI is InChI=1S/C20H29N7O3.C18H15N/c1-4-5-7-22-18(21)6-8-23-19(29)16-10-15(12-27(16)3)25-20(30)17-9-14(24-13-28)11-26(17)2;1-14-6-8-15(9-7-14)10-11-16-12-17-4-2-3-5-18(17)19-13-16/h9-13H,4-8H2,1-3H3,(H2,21,22)(H,23,29)(H,24,28)(H,25,30);2-13H,1H3/b;11-10+. The summed E-state index contributed by atoms with van der Waals surface area (Å²) in [6.07, 6.45) is 12.5. The van der Waals surface area contributed by atoms with Gasteiger partial charge in [0, 0.05) is 57.6 Å². The molecular weight excluding hydrogens is 616 g/mol. The summed E-state index contributed by atoms with van der Waals surface area (Å²) in [5, 5.41) is 9.24. The van der Waals surface area contributed by atoms with Gasteiger partial charge in [-0.2, -0.15) is 0 Å². The number of carbonyl (C=O) groups is 3. The van der Waals surface area contributed by atoms with E-state index < -0.39 is 0 Å². The van der Waals surface area contributed by atoms with Gasteiger partial charge >= 0.3 is 0 Å². The molecule has 0 aliphatic rings. The molecule has 5 aromatic rings. The van der Waals surface area contributed by atoms with Crippen LogP contribution in [0.3, 0.4) is 0 Å². The van der Waals surface area contributed by atoms with Crippen LogP contribution in [0, 0.1) is 6.92 Å². The van der Waals surface area contributed by atoms with E-state index >= 15 is 0 Å². The Morgan fingerprint density at radius 3 is 2.31 bits per heavy atom. The smallest absolute Gasteiger partial charge is 0.272 e. The maximum atomic E-state index is 12.5. The number of aryl methyl sites for hydroxylation is 3. The first kappa shape index (κ1) is 35.9. The topological polar surface area (TPSA) is 148 Å². The molecule has 0 saturated heterocycles. The zero-order valence-electron chi connectivity index (χ0n) is 28.4. The predicted octanol–water partition coefficient (Wildman–Crippen LogP) is 6.18. The second-order valence-electron chi connectivity index (χ2n) is 11.6. The molecule has 0 unspecified atom stereocenters. The molecule has 11 heteroatoms. The molecule has 5 N–H and O–H groups in total. The van der Waals surface area contributed by atoms with Gasteiger partial charge < -0.3 is 30.8 Å². The third kappa shape index (κ3) is 10.8. The van der Waals surface area contributed by atoms with Crippen molar-refractivity contribution in [1.82, 2.24) is 19.4 Å². The number of aromatic nitrogens is 3. The van der Waals surface area contributed by atoms with Gasteiger partial charge in [-0.3, -0.25) is 24.4 Å². The second kappa shape index (κ2) is 17.8. The lowest BCUT2D eigenvalue weighted by atomic mass is 10.1. The van der Waals surface area contributed by atoms with Gasteiger partial charge in [0.05, 0.1) is 22.7 Å². The van der Waals surface area contributed by atoms with Crippen molar-refractivity contribution < 1.29 is 14.4 Å². The first-order valence-electron chi connectivity index (χ1n) is 16.2. The third-order valence-corrected chi connectivity index (χ3v) is 7.61. The molecule has 0 aliphatic heterocycles. The van der Waals surface area contributed by atoms with E-state index in [0.29, 0.717) is 54.5 Å². The fraction of sp³-hybridized carbons (Fsp3) is 0.237. The Bertz CT molecular complexity index is 1940. The molecule has 0 spiro atoms. The van der Waals surface area contributed by atoms with Gasteiger partial charge in [-0.15, -0.1) is 0 Å². The molecule has 0 aliphatic carbocycles. The summed E-state index contributed by atoms with van der Waals surface area (Å²) in [6, 6.07) is 22.0. The van der Waals surface area contributed by atoms with Gasteiger partial charge in [0.2, 0.25) is 6.41 Å². The minimum absolute atomic E-state index is 0.268. The lowest BCUT2D eigenvalue weighted by Crippen LogP contribution is -2.29. The third-order valence-electron chi connectivity index (χ3n) is 7.61. The highest BCUT2D eigenvalue weighted by atomic mass is 16.2. The van der Waals surface area contributed by atoms with Crippen LogP contribution in [0.4, 0.5) is 11.4 Å². The number of benzene rings is 2.